The zero-order valence-corrected chi connectivity index (χ0v) is 11.1. The van der Waals surface area contributed by atoms with Gasteiger partial charge in [-0.25, -0.2) is 0 Å². The Morgan fingerprint density at radius 1 is 1.37 bits per heavy atom. The number of pyridine rings is 1. The Labute approximate surface area is 111 Å². The normalized spacial score (nSPS) is 10.6. The number of nitrogens with zero attached hydrogens (tertiary/aromatic N) is 2. The second-order valence-electron chi connectivity index (χ2n) is 4.54. The van der Waals surface area contributed by atoms with Crippen molar-refractivity contribution in [2.24, 2.45) is 0 Å². The van der Waals surface area contributed by atoms with Gasteiger partial charge in [0.2, 0.25) is 0 Å². The Morgan fingerprint density at radius 2 is 2.16 bits per heavy atom. The largest absolute Gasteiger partial charge is 0.385 e. The van der Waals surface area contributed by atoms with E-state index in [4.69, 9.17) is 0 Å². The van der Waals surface area contributed by atoms with Crippen molar-refractivity contribution >= 4 is 22.1 Å². The molecule has 1 heterocycles. The molecule has 0 unspecified atom stereocenters. The van der Waals surface area contributed by atoms with Gasteiger partial charge in [-0.15, -0.1) is 0 Å². The summed E-state index contributed by atoms with van der Waals surface area (Å²) in [5.41, 5.74) is 1.88. The van der Waals surface area contributed by atoms with Crippen LogP contribution in [0, 0.1) is 17.0 Å². The molecule has 1 aromatic heterocycles. The van der Waals surface area contributed by atoms with Gasteiger partial charge in [-0.05, 0) is 25.5 Å². The van der Waals surface area contributed by atoms with Crippen LogP contribution in [0.4, 0.5) is 11.4 Å². The van der Waals surface area contributed by atoms with Gasteiger partial charge in [0.1, 0.15) is 0 Å². The first-order chi connectivity index (χ1) is 9.13. The minimum atomic E-state index is -0.366. The number of hydrogen-bond donors (Lipinski definition) is 1. The number of aromatic nitrogens is 1. The predicted octanol–water partition coefficient (Wildman–Crippen LogP) is 3.66. The summed E-state index contributed by atoms with van der Waals surface area (Å²) in [6.07, 6.45) is 3.76. The minimum Gasteiger partial charge on any atom is -0.385 e. The van der Waals surface area contributed by atoms with E-state index < -0.39 is 0 Å². The molecule has 0 aliphatic heterocycles. The molecule has 0 bridgehead atoms. The van der Waals surface area contributed by atoms with Crippen molar-refractivity contribution in [2.45, 2.75) is 26.7 Å². The number of rotatable bonds is 5. The minimum absolute atomic E-state index is 0.101. The molecule has 0 radical (unpaired) electrons. The Hall–Kier alpha value is -2.17. The average Bonchev–Trinajstić information content (AvgIpc) is 2.38. The van der Waals surface area contributed by atoms with Gasteiger partial charge in [0.15, 0.2) is 0 Å². The first kappa shape index (κ1) is 13.3. The van der Waals surface area contributed by atoms with E-state index >= 15 is 0 Å². The van der Waals surface area contributed by atoms with Crippen LogP contribution in [0.3, 0.4) is 0 Å². The first-order valence-corrected chi connectivity index (χ1v) is 6.41. The van der Waals surface area contributed by atoms with Crippen molar-refractivity contribution in [3.63, 3.8) is 0 Å². The SMILES string of the molecule is CCCCNc1ccc([N+](=O)[O-])c2cnc(C)cc12. The molecule has 5 nitrogen and oxygen atoms in total. The molecule has 2 aromatic rings. The maximum absolute atomic E-state index is 11.0. The summed E-state index contributed by atoms with van der Waals surface area (Å²) in [7, 11) is 0. The van der Waals surface area contributed by atoms with Crippen LogP contribution < -0.4 is 5.32 Å². The van der Waals surface area contributed by atoms with Crippen molar-refractivity contribution in [3.05, 3.63) is 40.2 Å². The summed E-state index contributed by atoms with van der Waals surface area (Å²) < 4.78 is 0. The monoisotopic (exact) mass is 259 g/mol. The summed E-state index contributed by atoms with van der Waals surface area (Å²) in [5.74, 6) is 0. The van der Waals surface area contributed by atoms with Gasteiger partial charge >= 0.3 is 0 Å². The van der Waals surface area contributed by atoms with Crippen LogP contribution in [0.1, 0.15) is 25.5 Å². The second-order valence-corrected chi connectivity index (χ2v) is 4.54. The molecule has 0 aliphatic rings. The molecule has 0 saturated carbocycles. The fraction of sp³-hybridized carbons (Fsp3) is 0.357. The molecule has 0 saturated heterocycles. The van der Waals surface area contributed by atoms with Gasteiger partial charge < -0.3 is 5.32 Å². The van der Waals surface area contributed by atoms with Crippen LogP contribution in [0.5, 0.6) is 0 Å². The van der Waals surface area contributed by atoms with E-state index in [1.807, 2.05) is 13.0 Å². The molecule has 2 rings (SSSR count). The van der Waals surface area contributed by atoms with Gasteiger partial charge in [-0.1, -0.05) is 13.3 Å². The Kier molecular flexibility index (Phi) is 3.94. The molecular formula is C14H17N3O2. The fourth-order valence-corrected chi connectivity index (χ4v) is 2.04. The maximum Gasteiger partial charge on any atom is 0.278 e. The standard InChI is InChI=1S/C14H17N3O2/c1-3-4-7-15-13-5-6-14(17(18)19)12-9-16-10(2)8-11(12)13/h5-6,8-9,15H,3-4,7H2,1-2H3. The van der Waals surface area contributed by atoms with Crippen molar-refractivity contribution in [1.29, 1.82) is 0 Å². The molecule has 0 aliphatic carbocycles. The lowest BCUT2D eigenvalue weighted by Gasteiger charge is -2.10. The van der Waals surface area contributed by atoms with E-state index in [2.05, 4.69) is 17.2 Å². The molecule has 19 heavy (non-hydrogen) atoms. The molecule has 0 amide bonds. The number of hydrogen-bond acceptors (Lipinski definition) is 4. The highest BCUT2D eigenvalue weighted by Gasteiger charge is 2.14. The fourth-order valence-electron chi connectivity index (χ4n) is 2.04. The van der Waals surface area contributed by atoms with Crippen molar-refractivity contribution in [3.8, 4) is 0 Å². The van der Waals surface area contributed by atoms with Gasteiger partial charge in [-0.3, -0.25) is 15.1 Å². The van der Waals surface area contributed by atoms with Gasteiger partial charge in [0.05, 0.1) is 10.3 Å². The van der Waals surface area contributed by atoms with Crippen LogP contribution in [-0.4, -0.2) is 16.5 Å². The van der Waals surface area contributed by atoms with Crippen molar-refractivity contribution in [1.82, 2.24) is 4.98 Å². The summed E-state index contributed by atoms with van der Waals surface area (Å²) >= 11 is 0. The third-order valence-corrected chi connectivity index (χ3v) is 3.06. The van der Waals surface area contributed by atoms with Crippen LogP contribution in [-0.2, 0) is 0 Å². The highest BCUT2D eigenvalue weighted by molar-refractivity contribution is 5.99. The second kappa shape index (κ2) is 5.65. The number of fused-ring (bicyclic) bond motifs is 1. The van der Waals surface area contributed by atoms with Crippen LogP contribution >= 0.6 is 0 Å². The summed E-state index contributed by atoms with van der Waals surface area (Å²) in [6, 6.07) is 5.19. The predicted molar refractivity (Wildman–Crippen MR) is 76.5 cm³/mol. The van der Waals surface area contributed by atoms with Gasteiger partial charge in [0.25, 0.3) is 5.69 Å². The molecule has 100 valence electrons. The summed E-state index contributed by atoms with van der Waals surface area (Å²) in [4.78, 5) is 14.8. The average molecular weight is 259 g/mol. The highest BCUT2D eigenvalue weighted by atomic mass is 16.6. The number of nitro groups is 1. The molecule has 0 atom stereocenters. The van der Waals surface area contributed by atoms with Gasteiger partial charge in [-0.2, -0.15) is 0 Å². The van der Waals surface area contributed by atoms with E-state index in [-0.39, 0.29) is 10.6 Å². The number of nitro benzene ring substituents is 1. The Balaban J connectivity index is 2.50. The Bertz CT molecular complexity index is 611. The van der Waals surface area contributed by atoms with Crippen LogP contribution in [0.25, 0.3) is 10.8 Å². The Morgan fingerprint density at radius 3 is 2.84 bits per heavy atom. The van der Waals surface area contributed by atoms with E-state index in [0.717, 1.165) is 36.2 Å². The molecule has 1 N–H and O–H groups in total. The number of nitrogens with one attached hydrogen (secondary N) is 1. The third kappa shape index (κ3) is 2.81. The smallest absolute Gasteiger partial charge is 0.278 e. The maximum atomic E-state index is 11.0. The van der Waals surface area contributed by atoms with E-state index in [1.54, 1.807) is 12.3 Å². The molecule has 1 aromatic carbocycles. The molecule has 0 spiro atoms. The lowest BCUT2D eigenvalue weighted by molar-refractivity contribution is -0.383. The molecule has 5 heteroatoms. The number of unbranched alkanes of at least 4 members (excludes halogenated alkanes) is 1. The quantitative estimate of drug-likeness (QED) is 0.505. The van der Waals surface area contributed by atoms with E-state index in [0.29, 0.717) is 5.39 Å². The lowest BCUT2D eigenvalue weighted by Crippen LogP contribution is -2.02. The zero-order valence-electron chi connectivity index (χ0n) is 11.1. The first-order valence-electron chi connectivity index (χ1n) is 6.41. The topological polar surface area (TPSA) is 68.1 Å². The van der Waals surface area contributed by atoms with Crippen molar-refractivity contribution in [2.75, 3.05) is 11.9 Å². The third-order valence-electron chi connectivity index (χ3n) is 3.06. The molecular weight excluding hydrogens is 242 g/mol. The van der Waals surface area contributed by atoms with Crippen LogP contribution in [0.15, 0.2) is 24.4 Å². The summed E-state index contributed by atoms with van der Waals surface area (Å²) in [6.45, 7) is 4.88. The van der Waals surface area contributed by atoms with E-state index in [9.17, 15) is 10.1 Å². The lowest BCUT2D eigenvalue weighted by atomic mass is 10.1. The summed E-state index contributed by atoms with van der Waals surface area (Å²) in [5, 5.41) is 15.8. The van der Waals surface area contributed by atoms with E-state index in [1.165, 1.54) is 6.07 Å². The zero-order chi connectivity index (χ0) is 13.8. The molecule has 0 fully saturated rings. The number of non-ortho nitro benzene ring substituents is 1. The van der Waals surface area contributed by atoms with Gasteiger partial charge in [0, 0.05) is 35.6 Å². The highest BCUT2D eigenvalue weighted by Crippen LogP contribution is 2.31. The van der Waals surface area contributed by atoms with Crippen LogP contribution in [0.2, 0.25) is 0 Å². The van der Waals surface area contributed by atoms with Crippen molar-refractivity contribution < 1.29 is 4.92 Å². The number of aryl methyl sites for hydroxylation is 1. The number of benzene rings is 1. The number of anilines is 1.